The van der Waals surface area contributed by atoms with Gasteiger partial charge in [-0.1, -0.05) is 41.4 Å². The third kappa shape index (κ3) is 4.85. The molecule has 27 heavy (non-hydrogen) atoms. The predicted molar refractivity (Wildman–Crippen MR) is 103 cm³/mol. The fourth-order valence-corrected chi connectivity index (χ4v) is 4.96. The molecular weight excluding hydrogens is 409 g/mol. The lowest BCUT2D eigenvalue weighted by Gasteiger charge is -2.18. The van der Waals surface area contributed by atoms with Crippen LogP contribution >= 0.6 is 23.2 Å². The minimum absolute atomic E-state index is 0.0795. The Labute approximate surface area is 168 Å². The van der Waals surface area contributed by atoms with E-state index >= 15 is 0 Å². The van der Waals surface area contributed by atoms with Gasteiger partial charge in [0.2, 0.25) is 10.0 Å². The largest absolute Gasteiger partial charge is 0.491 e. The number of rotatable bonds is 6. The summed E-state index contributed by atoms with van der Waals surface area (Å²) in [6, 6.07) is 12.9. The topological polar surface area (TPSA) is 82.4 Å². The number of ether oxygens (including phenoxy) is 1. The maximum atomic E-state index is 12.7. The molecule has 0 spiro atoms. The molecule has 0 bridgehead atoms. The summed E-state index contributed by atoms with van der Waals surface area (Å²) in [5, 5.41) is 9.72. The Bertz CT molecular complexity index is 948. The Morgan fingerprint density at radius 2 is 1.96 bits per heavy atom. The van der Waals surface area contributed by atoms with Crippen LogP contribution in [0.2, 0.25) is 10.0 Å². The predicted octanol–water partition coefficient (Wildman–Crippen LogP) is 3.27. The fraction of sp³-hybridized carbons (Fsp3) is 0.278. The maximum absolute atomic E-state index is 12.7. The highest BCUT2D eigenvalue weighted by Gasteiger charge is 2.35. The lowest BCUT2D eigenvalue weighted by atomic mass is 10.2. The molecule has 1 aliphatic heterocycles. The van der Waals surface area contributed by atoms with Crippen LogP contribution in [0.3, 0.4) is 0 Å². The summed E-state index contributed by atoms with van der Waals surface area (Å²) in [6.45, 7) is 0.546. The first-order valence-corrected chi connectivity index (χ1v) is 10.4. The van der Waals surface area contributed by atoms with E-state index in [9.17, 15) is 13.7 Å². The number of para-hydroxylation sites is 1. The van der Waals surface area contributed by atoms with Gasteiger partial charge >= 0.3 is 0 Å². The van der Waals surface area contributed by atoms with Crippen LogP contribution in [0.15, 0.2) is 53.4 Å². The number of nitrogens with zero attached hydrogens (tertiary/aromatic N) is 2. The van der Waals surface area contributed by atoms with Crippen molar-refractivity contribution in [2.75, 3.05) is 13.2 Å². The van der Waals surface area contributed by atoms with Crippen LogP contribution in [0.25, 0.3) is 0 Å². The monoisotopic (exact) mass is 425 g/mol. The molecule has 1 aliphatic rings. The Morgan fingerprint density at radius 1 is 1.22 bits per heavy atom. The van der Waals surface area contributed by atoms with Crippen LogP contribution in [-0.4, -0.2) is 38.6 Å². The number of likely N-dealkylation sites (tertiary alicyclic amines) is 1. The summed E-state index contributed by atoms with van der Waals surface area (Å²) >= 11 is 11.9. The van der Waals surface area contributed by atoms with Gasteiger partial charge in [-0.15, -0.1) is 0 Å². The number of hydrogen-bond acceptors (Lipinski definition) is 5. The highest BCUT2D eigenvalue weighted by molar-refractivity contribution is 7.89. The number of nitrogens with one attached hydrogen (secondary N) is 1. The van der Waals surface area contributed by atoms with Crippen LogP contribution in [0, 0.1) is 11.5 Å². The molecule has 0 aliphatic carbocycles. The first-order chi connectivity index (χ1) is 12.9. The summed E-state index contributed by atoms with van der Waals surface area (Å²) in [7, 11) is -3.86. The van der Waals surface area contributed by atoms with E-state index in [2.05, 4.69) is 10.9 Å². The summed E-state index contributed by atoms with van der Waals surface area (Å²) in [6.07, 6.45) is 2.54. The number of hydrogen-bond donors (Lipinski definition) is 1. The average molecular weight is 426 g/mol. The van der Waals surface area contributed by atoms with E-state index in [-0.39, 0.29) is 34.1 Å². The van der Waals surface area contributed by atoms with Crippen LogP contribution in [0.4, 0.5) is 0 Å². The summed E-state index contributed by atoms with van der Waals surface area (Å²) in [5.41, 5.74) is 0. The van der Waals surface area contributed by atoms with Crippen molar-refractivity contribution in [3.8, 4) is 11.9 Å². The van der Waals surface area contributed by atoms with Gasteiger partial charge in [0.1, 0.15) is 17.3 Å². The highest BCUT2D eigenvalue weighted by Crippen LogP contribution is 2.26. The van der Waals surface area contributed by atoms with E-state index in [0.717, 1.165) is 0 Å². The average Bonchev–Trinajstić information content (AvgIpc) is 3.03. The molecular formula is C18H17Cl2N3O3S. The lowest BCUT2D eigenvalue weighted by molar-refractivity contribution is 0.219. The smallest absolute Gasteiger partial charge is 0.242 e. The number of halogens is 2. The highest BCUT2D eigenvalue weighted by atomic mass is 35.5. The van der Waals surface area contributed by atoms with Crippen molar-refractivity contribution in [2.24, 2.45) is 0 Å². The molecule has 2 aromatic rings. The molecule has 0 saturated carbocycles. The Kier molecular flexibility index (Phi) is 6.12. The van der Waals surface area contributed by atoms with Crippen molar-refractivity contribution in [1.29, 1.82) is 5.26 Å². The lowest BCUT2D eigenvalue weighted by Crippen LogP contribution is -2.36. The molecule has 0 aromatic heterocycles. The van der Waals surface area contributed by atoms with Crippen molar-refractivity contribution in [3.05, 3.63) is 58.6 Å². The second-order valence-electron chi connectivity index (χ2n) is 6.16. The molecule has 142 valence electrons. The van der Waals surface area contributed by atoms with Crippen molar-refractivity contribution < 1.29 is 13.2 Å². The minimum atomic E-state index is -3.86. The molecule has 1 N–H and O–H groups in total. The molecule has 0 amide bonds. The van der Waals surface area contributed by atoms with Gasteiger partial charge in [-0.05, 0) is 36.8 Å². The molecule has 6 nitrogen and oxygen atoms in total. The van der Waals surface area contributed by atoms with Crippen molar-refractivity contribution in [1.82, 2.24) is 9.62 Å². The molecule has 1 saturated heterocycles. The van der Waals surface area contributed by atoms with E-state index in [1.165, 1.54) is 23.1 Å². The van der Waals surface area contributed by atoms with Crippen LogP contribution in [-0.2, 0) is 10.0 Å². The molecule has 2 aromatic carbocycles. The van der Waals surface area contributed by atoms with E-state index in [4.69, 9.17) is 27.9 Å². The van der Waals surface area contributed by atoms with E-state index < -0.39 is 16.1 Å². The molecule has 2 atom stereocenters. The molecule has 0 unspecified atom stereocenters. The van der Waals surface area contributed by atoms with E-state index in [1.54, 1.807) is 0 Å². The second-order valence-corrected chi connectivity index (χ2v) is 8.68. The third-order valence-electron chi connectivity index (χ3n) is 4.23. The van der Waals surface area contributed by atoms with Crippen LogP contribution in [0.1, 0.15) is 6.42 Å². The zero-order valence-corrected chi connectivity index (χ0v) is 16.5. The van der Waals surface area contributed by atoms with Crippen LogP contribution in [0.5, 0.6) is 5.75 Å². The van der Waals surface area contributed by atoms with Crippen molar-refractivity contribution >= 4 is 33.2 Å². The van der Waals surface area contributed by atoms with Gasteiger partial charge in [0.05, 0.1) is 11.1 Å². The van der Waals surface area contributed by atoms with Crippen molar-refractivity contribution in [3.63, 3.8) is 0 Å². The van der Waals surface area contributed by atoms with Gasteiger partial charge in [0.15, 0.2) is 6.19 Å². The standard InChI is InChI=1S/C18H17Cl2N3O3S/c19-13-6-7-17(20)18(8-13)27(24,25)22-14-9-15(23(10-14)12-21)11-26-16-4-2-1-3-5-16/h1-8,14-15,22H,9-11H2/t14-,15-/m1/s1. The minimum Gasteiger partial charge on any atom is -0.491 e. The van der Waals surface area contributed by atoms with E-state index in [0.29, 0.717) is 12.2 Å². The Hall–Kier alpha value is -1.98. The molecule has 1 fully saturated rings. The van der Waals surface area contributed by atoms with Gasteiger partial charge in [-0.3, -0.25) is 0 Å². The summed E-state index contributed by atoms with van der Waals surface area (Å²) < 4.78 is 33.6. The van der Waals surface area contributed by atoms with Gasteiger partial charge in [-0.25, -0.2) is 13.1 Å². The van der Waals surface area contributed by atoms with Gasteiger partial charge in [0, 0.05) is 17.6 Å². The second kappa shape index (κ2) is 8.36. The van der Waals surface area contributed by atoms with Gasteiger partial charge in [-0.2, -0.15) is 5.26 Å². The summed E-state index contributed by atoms with van der Waals surface area (Å²) in [5.74, 6) is 0.699. The normalized spacial score (nSPS) is 19.7. The van der Waals surface area contributed by atoms with Gasteiger partial charge in [0.25, 0.3) is 0 Å². The maximum Gasteiger partial charge on any atom is 0.242 e. The van der Waals surface area contributed by atoms with Crippen molar-refractivity contribution in [2.45, 2.75) is 23.4 Å². The zero-order chi connectivity index (χ0) is 19.4. The SMILES string of the molecule is N#CN1C[C@H](NS(=O)(=O)c2cc(Cl)ccc2Cl)C[C@@H]1COc1ccccc1. The van der Waals surface area contributed by atoms with E-state index in [1.807, 2.05) is 30.3 Å². The first kappa shape index (κ1) is 19.8. The number of nitriles is 1. The summed E-state index contributed by atoms with van der Waals surface area (Å²) in [4.78, 5) is 1.44. The molecule has 1 heterocycles. The third-order valence-corrected chi connectivity index (χ3v) is 6.47. The number of sulfonamides is 1. The molecule has 3 rings (SSSR count). The molecule has 0 radical (unpaired) electrons. The quantitative estimate of drug-likeness (QED) is 0.717. The number of benzene rings is 2. The Morgan fingerprint density at radius 3 is 2.67 bits per heavy atom. The van der Waals surface area contributed by atoms with Crippen LogP contribution < -0.4 is 9.46 Å². The first-order valence-electron chi connectivity index (χ1n) is 8.20. The fourth-order valence-electron chi connectivity index (χ4n) is 2.96. The van der Waals surface area contributed by atoms with Gasteiger partial charge < -0.3 is 9.64 Å². The zero-order valence-electron chi connectivity index (χ0n) is 14.2. The Balaban J connectivity index is 1.67. The molecule has 9 heteroatoms.